The zero-order chi connectivity index (χ0) is 49.2. The molecule has 3 N–H and O–H groups in total. The first-order chi connectivity index (χ1) is 33.7. The number of unbranched alkanes of at least 4 members (excludes halogenated alkanes) is 4. The third-order valence-corrected chi connectivity index (χ3v) is 16.4. The van der Waals surface area contributed by atoms with Crippen LogP contribution in [0.4, 0.5) is 28.8 Å². The predicted molar refractivity (Wildman–Crippen MR) is 274 cm³/mol. The summed E-state index contributed by atoms with van der Waals surface area (Å²) in [6.07, 6.45) is 15.1. The van der Waals surface area contributed by atoms with Gasteiger partial charge in [-0.3, -0.25) is 39.4 Å². The van der Waals surface area contributed by atoms with Crippen molar-refractivity contribution in [3.63, 3.8) is 0 Å². The maximum absolute atomic E-state index is 13.5. The fourth-order valence-corrected chi connectivity index (χ4v) is 12.1. The van der Waals surface area contributed by atoms with Gasteiger partial charge in [0.15, 0.2) is 0 Å². The molecule has 1 spiro atoms. The fourth-order valence-electron chi connectivity index (χ4n) is 10.4. The minimum absolute atomic E-state index is 0.0772. The zero-order valence-electron chi connectivity index (χ0n) is 40.2. The molecule has 4 aliphatic rings. The van der Waals surface area contributed by atoms with Crippen molar-refractivity contribution in [3.05, 3.63) is 82.2 Å². The SMILES string of the molecule is COc1cc(N2CCC3(CCN(CCCCCCCOc4cccc5c4C(=O)N(C4CCC(=O)NC4=O)C5=O)CC3)CC2)c(C)cc1Nc1ncc(Br)c(Nc2ccc3nccnc3c2P(C)(C)=O)n1. The highest BCUT2D eigenvalue weighted by atomic mass is 79.9. The van der Waals surface area contributed by atoms with Crippen molar-refractivity contribution < 1.29 is 33.2 Å². The number of hydrogen-bond acceptors (Lipinski definition) is 15. The van der Waals surface area contributed by atoms with E-state index in [0.29, 0.717) is 61.8 Å². The first-order valence-electron chi connectivity index (χ1n) is 24.2. The molecular formula is C51H60BrN10O7P. The van der Waals surface area contributed by atoms with Gasteiger partial charge in [-0.05, 0) is 142 Å². The van der Waals surface area contributed by atoms with Crippen molar-refractivity contribution in [1.82, 2.24) is 35.1 Å². The Balaban J connectivity index is 0.709. The molecule has 1 unspecified atom stereocenters. The molecule has 6 heterocycles. The lowest BCUT2D eigenvalue weighted by molar-refractivity contribution is -0.136. The molecule has 1 atom stereocenters. The Morgan fingerprint density at radius 1 is 0.857 bits per heavy atom. The van der Waals surface area contributed by atoms with E-state index in [1.165, 1.54) is 31.4 Å². The summed E-state index contributed by atoms with van der Waals surface area (Å²) in [5.74, 6) is -0.179. The van der Waals surface area contributed by atoms with Crippen LogP contribution in [0.5, 0.6) is 11.5 Å². The minimum Gasteiger partial charge on any atom is -0.494 e. The average molecular weight is 1040 g/mol. The quantitative estimate of drug-likeness (QED) is 0.0455. The lowest BCUT2D eigenvalue weighted by Crippen LogP contribution is -2.54. The standard InChI is InChI=1S/C51H60BrN10O7P/c1-32-29-37(57-50-55-31-34(52)46(59-50)56-36-14-13-35-44(54-22-21-53-35)45(36)70(3,4)67)41(68-2)30-39(32)61-26-19-51(20-27-61)17-24-60(25-18-51)23-8-6-5-7-9-28-69-40-12-10-11-33-43(40)49(66)62(48(33)65)38-15-16-42(63)58-47(38)64/h10-14,21-22,29-31,38H,5-9,15-20,23-28H2,1-4H3,(H,58,63,64)(H2,55,56,57,59). The number of nitrogens with one attached hydrogen (secondary N) is 3. The van der Waals surface area contributed by atoms with E-state index < -0.39 is 36.8 Å². The van der Waals surface area contributed by atoms with Crippen LogP contribution in [0.25, 0.3) is 11.0 Å². The Labute approximate surface area is 416 Å². The highest BCUT2D eigenvalue weighted by molar-refractivity contribution is 9.10. The zero-order valence-corrected chi connectivity index (χ0v) is 42.7. The number of methoxy groups -OCH3 is 1. The molecule has 17 nitrogen and oxygen atoms in total. The number of carbonyl (C=O) groups excluding carboxylic acids is 4. The second-order valence-electron chi connectivity index (χ2n) is 19.3. The molecule has 0 bridgehead atoms. The summed E-state index contributed by atoms with van der Waals surface area (Å²) >= 11 is 3.59. The van der Waals surface area contributed by atoms with Crippen molar-refractivity contribution in [3.8, 4) is 11.5 Å². The number of aryl methyl sites for hydroxylation is 1. The van der Waals surface area contributed by atoms with Gasteiger partial charge in [-0.25, -0.2) is 4.98 Å². The van der Waals surface area contributed by atoms with Gasteiger partial charge >= 0.3 is 0 Å². The van der Waals surface area contributed by atoms with Crippen molar-refractivity contribution in [1.29, 1.82) is 0 Å². The number of rotatable bonds is 17. The summed E-state index contributed by atoms with van der Waals surface area (Å²) in [7, 11) is -1.10. The molecule has 0 radical (unpaired) electrons. The van der Waals surface area contributed by atoms with Gasteiger partial charge in [0, 0.05) is 49.9 Å². The highest BCUT2D eigenvalue weighted by Gasteiger charge is 2.46. The molecule has 70 heavy (non-hydrogen) atoms. The molecule has 2 aromatic heterocycles. The van der Waals surface area contributed by atoms with E-state index in [-0.39, 0.29) is 24.0 Å². The Kier molecular flexibility index (Phi) is 14.6. The van der Waals surface area contributed by atoms with Crippen LogP contribution >= 0.6 is 23.1 Å². The maximum atomic E-state index is 13.5. The molecule has 0 saturated carbocycles. The second-order valence-corrected chi connectivity index (χ2v) is 23.3. The van der Waals surface area contributed by atoms with Gasteiger partial charge in [0.1, 0.15) is 36.0 Å². The van der Waals surface area contributed by atoms with E-state index in [2.05, 4.69) is 75.7 Å². The highest BCUT2D eigenvalue weighted by Crippen LogP contribution is 2.45. The Morgan fingerprint density at radius 3 is 2.36 bits per heavy atom. The Hall–Kier alpha value is -5.97. The van der Waals surface area contributed by atoms with Gasteiger partial charge < -0.3 is 34.5 Å². The normalized spacial score (nSPS) is 18.3. The Morgan fingerprint density at radius 2 is 1.60 bits per heavy atom. The minimum atomic E-state index is -2.77. The molecule has 0 aliphatic carbocycles. The summed E-state index contributed by atoms with van der Waals surface area (Å²) in [5.41, 5.74) is 5.77. The summed E-state index contributed by atoms with van der Waals surface area (Å²) in [6.45, 7) is 11.4. The van der Waals surface area contributed by atoms with Crippen LogP contribution in [0.1, 0.15) is 96.9 Å². The predicted octanol–water partition coefficient (Wildman–Crippen LogP) is 8.35. The van der Waals surface area contributed by atoms with Gasteiger partial charge in [-0.15, -0.1) is 0 Å². The topological polar surface area (TPSA) is 201 Å². The lowest BCUT2D eigenvalue weighted by Gasteiger charge is -2.47. The molecule has 4 aliphatic heterocycles. The first-order valence-corrected chi connectivity index (χ1v) is 27.6. The van der Waals surface area contributed by atoms with E-state index >= 15 is 0 Å². The molecule has 368 valence electrons. The van der Waals surface area contributed by atoms with Gasteiger partial charge in [-0.2, -0.15) is 4.98 Å². The van der Waals surface area contributed by atoms with Gasteiger partial charge in [-0.1, -0.05) is 25.3 Å². The first kappa shape index (κ1) is 49.0. The number of piperidine rings is 3. The number of ether oxygens (including phenoxy) is 2. The van der Waals surface area contributed by atoms with E-state index in [9.17, 15) is 23.7 Å². The number of imide groups is 2. The number of carbonyl (C=O) groups is 4. The van der Waals surface area contributed by atoms with Crippen molar-refractivity contribution in [2.45, 2.75) is 83.6 Å². The van der Waals surface area contributed by atoms with Crippen LogP contribution < -0.4 is 35.6 Å². The number of fused-ring (bicyclic) bond motifs is 2. The van der Waals surface area contributed by atoms with Crippen LogP contribution in [0.2, 0.25) is 0 Å². The molecule has 4 amide bonds. The molecule has 3 fully saturated rings. The smallest absolute Gasteiger partial charge is 0.266 e. The van der Waals surface area contributed by atoms with Crippen molar-refractivity contribution in [2.75, 3.05) is 75.3 Å². The molecule has 19 heteroatoms. The van der Waals surface area contributed by atoms with Crippen LogP contribution in [-0.2, 0) is 14.2 Å². The van der Waals surface area contributed by atoms with Crippen LogP contribution in [0, 0.1) is 12.3 Å². The molecule has 3 aromatic carbocycles. The van der Waals surface area contributed by atoms with Gasteiger partial charge in [0.05, 0.1) is 51.5 Å². The number of nitrogens with zero attached hydrogens (tertiary/aromatic N) is 7. The summed E-state index contributed by atoms with van der Waals surface area (Å²) in [4.78, 5) is 75.0. The number of benzene rings is 3. The lowest BCUT2D eigenvalue weighted by atomic mass is 9.71. The third kappa shape index (κ3) is 10.4. The Bertz CT molecular complexity index is 2880. The number of halogens is 1. The van der Waals surface area contributed by atoms with Crippen molar-refractivity contribution in [2.24, 2.45) is 5.41 Å². The maximum Gasteiger partial charge on any atom is 0.266 e. The number of likely N-dealkylation sites (tertiary alicyclic amines) is 1. The monoisotopic (exact) mass is 1030 g/mol. The van der Waals surface area contributed by atoms with Crippen LogP contribution in [0.15, 0.2) is 65.5 Å². The van der Waals surface area contributed by atoms with E-state index in [1.807, 2.05) is 12.1 Å². The number of anilines is 5. The largest absolute Gasteiger partial charge is 0.494 e. The van der Waals surface area contributed by atoms with Crippen molar-refractivity contribution >= 4 is 91.9 Å². The molecular weight excluding hydrogens is 976 g/mol. The van der Waals surface area contributed by atoms with E-state index in [0.717, 1.165) is 81.0 Å². The third-order valence-electron chi connectivity index (χ3n) is 14.3. The van der Waals surface area contributed by atoms with E-state index in [4.69, 9.17) is 14.5 Å². The summed E-state index contributed by atoms with van der Waals surface area (Å²) in [6, 6.07) is 11.9. The van der Waals surface area contributed by atoms with E-state index in [1.54, 1.807) is 57.2 Å². The second kappa shape index (κ2) is 20.8. The summed E-state index contributed by atoms with van der Waals surface area (Å²) in [5, 5.41) is 9.60. The fraction of sp³-hybridized carbons (Fsp3) is 0.451. The van der Waals surface area contributed by atoms with Gasteiger partial charge in [0.2, 0.25) is 17.8 Å². The molecule has 5 aromatic rings. The van der Waals surface area contributed by atoms with Crippen LogP contribution in [-0.4, -0.2) is 119 Å². The number of hydrogen-bond donors (Lipinski definition) is 3. The molecule has 9 rings (SSSR count). The van der Waals surface area contributed by atoms with Crippen LogP contribution in [0.3, 0.4) is 0 Å². The number of amides is 4. The number of aromatic nitrogens is 4. The average Bonchev–Trinajstić information content (AvgIpc) is 3.60. The summed E-state index contributed by atoms with van der Waals surface area (Å²) < 4.78 is 26.1. The van der Waals surface area contributed by atoms with Gasteiger partial charge in [0.25, 0.3) is 11.8 Å². The molecule has 3 saturated heterocycles.